The van der Waals surface area contributed by atoms with Crippen LogP contribution in [0.15, 0.2) is 72.0 Å². The van der Waals surface area contributed by atoms with E-state index in [0.29, 0.717) is 18.5 Å². The Labute approximate surface area is 162 Å². The Morgan fingerprint density at radius 2 is 1.79 bits per heavy atom. The molecule has 4 rings (SSSR count). The third-order valence-corrected chi connectivity index (χ3v) is 5.57. The predicted molar refractivity (Wildman–Crippen MR) is 108 cm³/mol. The van der Waals surface area contributed by atoms with Crippen molar-refractivity contribution < 1.29 is 13.2 Å². The maximum absolute atomic E-state index is 12.7. The molecule has 7 heteroatoms. The molecule has 0 spiro atoms. The Hall–Kier alpha value is -3.19. The minimum atomic E-state index is -3.56. The van der Waals surface area contributed by atoms with Crippen molar-refractivity contribution >= 4 is 32.0 Å². The zero-order chi connectivity index (χ0) is 19.7. The summed E-state index contributed by atoms with van der Waals surface area (Å²) in [7, 11) is -3.56. The number of nitrogens with one attached hydrogen (secondary N) is 1. The van der Waals surface area contributed by atoms with Gasteiger partial charge in [0.15, 0.2) is 5.69 Å². The fourth-order valence-corrected chi connectivity index (χ4v) is 4.12. The molecule has 1 N–H and O–H groups in total. The second kappa shape index (κ2) is 7.09. The SMILES string of the molecule is CS(=O)(=O)c1nc(C(=O)NCCc2cccc3ccccc23)c2ccccn12. The molecule has 2 aromatic heterocycles. The highest BCUT2D eigenvalue weighted by Crippen LogP contribution is 2.19. The smallest absolute Gasteiger partial charge is 0.272 e. The molecule has 6 nitrogen and oxygen atoms in total. The number of fused-ring (bicyclic) bond motifs is 2. The van der Waals surface area contributed by atoms with Crippen molar-refractivity contribution in [1.29, 1.82) is 0 Å². The maximum Gasteiger partial charge on any atom is 0.272 e. The highest BCUT2D eigenvalue weighted by Gasteiger charge is 2.22. The molecule has 2 heterocycles. The number of sulfone groups is 1. The van der Waals surface area contributed by atoms with E-state index in [9.17, 15) is 13.2 Å². The highest BCUT2D eigenvalue weighted by molar-refractivity contribution is 7.90. The predicted octanol–water partition coefficient (Wildman–Crippen LogP) is 2.86. The Bertz CT molecular complexity index is 1290. The van der Waals surface area contributed by atoms with Crippen molar-refractivity contribution in [3.05, 3.63) is 78.1 Å². The molecule has 0 aliphatic carbocycles. The van der Waals surface area contributed by atoms with Gasteiger partial charge in [-0.15, -0.1) is 0 Å². The zero-order valence-electron chi connectivity index (χ0n) is 15.3. The molecule has 28 heavy (non-hydrogen) atoms. The van der Waals surface area contributed by atoms with E-state index in [1.54, 1.807) is 24.4 Å². The monoisotopic (exact) mass is 393 g/mol. The molecule has 0 fully saturated rings. The van der Waals surface area contributed by atoms with Gasteiger partial charge in [-0.05, 0) is 34.9 Å². The van der Waals surface area contributed by atoms with Crippen molar-refractivity contribution in [1.82, 2.24) is 14.7 Å². The number of nitrogens with zero attached hydrogens (tertiary/aromatic N) is 2. The molecule has 0 bridgehead atoms. The van der Waals surface area contributed by atoms with E-state index in [4.69, 9.17) is 0 Å². The van der Waals surface area contributed by atoms with Crippen LogP contribution in [0.1, 0.15) is 16.1 Å². The molecule has 0 aliphatic rings. The lowest BCUT2D eigenvalue weighted by Crippen LogP contribution is -2.26. The minimum absolute atomic E-state index is 0.110. The van der Waals surface area contributed by atoms with E-state index in [-0.39, 0.29) is 16.8 Å². The van der Waals surface area contributed by atoms with Gasteiger partial charge in [0.05, 0.1) is 5.52 Å². The number of hydrogen-bond acceptors (Lipinski definition) is 4. The van der Waals surface area contributed by atoms with Gasteiger partial charge in [0.1, 0.15) is 0 Å². The number of hydrogen-bond donors (Lipinski definition) is 1. The second-order valence-electron chi connectivity index (χ2n) is 6.62. The number of imidazole rings is 1. The van der Waals surface area contributed by atoms with Gasteiger partial charge in [0.2, 0.25) is 15.0 Å². The Morgan fingerprint density at radius 1 is 1.04 bits per heavy atom. The Balaban J connectivity index is 1.56. The van der Waals surface area contributed by atoms with Crippen molar-refractivity contribution in [2.45, 2.75) is 11.6 Å². The fraction of sp³-hybridized carbons (Fsp3) is 0.143. The van der Waals surface area contributed by atoms with Crippen molar-refractivity contribution in [2.75, 3.05) is 12.8 Å². The van der Waals surface area contributed by atoms with E-state index >= 15 is 0 Å². The maximum atomic E-state index is 12.7. The van der Waals surface area contributed by atoms with Gasteiger partial charge < -0.3 is 5.32 Å². The largest absolute Gasteiger partial charge is 0.350 e. The molecule has 0 radical (unpaired) electrons. The van der Waals surface area contributed by atoms with Gasteiger partial charge in [-0.2, -0.15) is 0 Å². The third kappa shape index (κ3) is 3.36. The van der Waals surface area contributed by atoms with Crippen molar-refractivity contribution in [2.24, 2.45) is 0 Å². The zero-order valence-corrected chi connectivity index (χ0v) is 16.1. The van der Waals surface area contributed by atoms with Crippen LogP contribution in [0.4, 0.5) is 0 Å². The fourth-order valence-electron chi connectivity index (χ4n) is 3.34. The van der Waals surface area contributed by atoms with Gasteiger partial charge in [0.25, 0.3) is 5.91 Å². The normalized spacial score (nSPS) is 11.8. The first-order valence-electron chi connectivity index (χ1n) is 8.87. The number of pyridine rings is 1. The summed E-state index contributed by atoms with van der Waals surface area (Å²) in [6.07, 6.45) is 3.33. The van der Waals surface area contributed by atoms with E-state index < -0.39 is 9.84 Å². The van der Waals surface area contributed by atoms with Gasteiger partial charge in [-0.3, -0.25) is 9.20 Å². The summed E-state index contributed by atoms with van der Waals surface area (Å²) >= 11 is 0. The first-order valence-corrected chi connectivity index (χ1v) is 10.8. The molecule has 0 unspecified atom stereocenters. The van der Waals surface area contributed by atoms with E-state index in [0.717, 1.165) is 22.6 Å². The molecule has 0 aliphatic heterocycles. The van der Waals surface area contributed by atoms with E-state index in [1.165, 1.54) is 4.40 Å². The van der Waals surface area contributed by atoms with Gasteiger partial charge in [0, 0.05) is 19.0 Å². The highest BCUT2D eigenvalue weighted by atomic mass is 32.2. The van der Waals surface area contributed by atoms with Crippen LogP contribution >= 0.6 is 0 Å². The van der Waals surface area contributed by atoms with Gasteiger partial charge in [-0.25, -0.2) is 13.4 Å². The number of carbonyl (C=O) groups is 1. The summed E-state index contributed by atoms with van der Waals surface area (Å²) in [4.78, 5) is 16.8. The summed E-state index contributed by atoms with van der Waals surface area (Å²) in [6.45, 7) is 0.424. The molecule has 0 saturated carbocycles. The summed E-state index contributed by atoms with van der Waals surface area (Å²) in [5.41, 5.74) is 1.72. The first-order chi connectivity index (χ1) is 13.4. The van der Waals surface area contributed by atoms with Crippen molar-refractivity contribution in [3.63, 3.8) is 0 Å². The standard InChI is InChI=1S/C21H19N3O3S/c1-28(26,27)21-23-19(18-11-4-5-14-24(18)21)20(25)22-13-12-16-9-6-8-15-7-2-3-10-17(15)16/h2-11,14H,12-13H2,1H3,(H,22,25). The number of amides is 1. The quantitative estimate of drug-likeness (QED) is 0.565. The van der Waals surface area contributed by atoms with Crippen LogP contribution in [0.2, 0.25) is 0 Å². The van der Waals surface area contributed by atoms with Crippen LogP contribution in [-0.4, -0.2) is 36.5 Å². The van der Waals surface area contributed by atoms with E-state index in [1.807, 2.05) is 24.3 Å². The van der Waals surface area contributed by atoms with Crippen LogP contribution in [-0.2, 0) is 16.3 Å². The average Bonchev–Trinajstić information content (AvgIpc) is 3.08. The van der Waals surface area contributed by atoms with Crippen LogP contribution in [0.5, 0.6) is 0 Å². The average molecular weight is 393 g/mol. The number of aromatic nitrogens is 2. The summed E-state index contributed by atoms with van der Waals surface area (Å²) < 4.78 is 25.4. The Morgan fingerprint density at radius 3 is 2.61 bits per heavy atom. The minimum Gasteiger partial charge on any atom is -0.350 e. The third-order valence-electron chi connectivity index (χ3n) is 4.62. The molecule has 2 aromatic carbocycles. The lowest BCUT2D eigenvalue weighted by molar-refractivity contribution is 0.0951. The first kappa shape index (κ1) is 18.2. The summed E-state index contributed by atoms with van der Waals surface area (Å²) in [6, 6.07) is 19.3. The number of carbonyl (C=O) groups excluding carboxylic acids is 1. The molecule has 0 atom stereocenters. The van der Waals surface area contributed by atoms with Crippen LogP contribution in [0.25, 0.3) is 16.3 Å². The molecular weight excluding hydrogens is 374 g/mol. The molecule has 1 amide bonds. The second-order valence-corrected chi connectivity index (χ2v) is 8.52. The molecule has 0 saturated heterocycles. The number of rotatable bonds is 5. The topological polar surface area (TPSA) is 80.5 Å². The lowest BCUT2D eigenvalue weighted by Gasteiger charge is -2.07. The van der Waals surface area contributed by atoms with Crippen molar-refractivity contribution in [3.8, 4) is 0 Å². The summed E-state index contributed by atoms with van der Waals surface area (Å²) in [5, 5.41) is 5.04. The van der Waals surface area contributed by atoms with E-state index in [2.05, 4.69) is 28.5 Å². The summed E-state index contributed by atoms with van der Waals surface area (Å²) in [5.74, 6) is -0.390. The molecule has 4 aromatic rings. The molecule has 142 valence electrons. The van der Waals surface area contributed by atoms with Gasteiger partial charge in [-0.1, -0.05) is 48.5 Å². The number of benzene rings is 2. The van der Waals surface area contributed by atoms with Gasteiger partial charge >= 0.3 is 0 Å². The van der Waals surface area contributed by atoms with Crippen LogP contribution < -0.4 is 5.32 Å². The van der Waals surface area contributed by atoms with Crippen LogP contribution in [0.3, 0.4) is 0 Å². The Kier molecular flexibility index (Phi) is 4.60. The lowest BCUT2D eigenvalue weighted by atomic mass is 10.0. The van der Waals surface area contributed by atoms with Crippen LogP contribution in [0, 0.1) is 0 Å². The molecular formula is C21H19N3O3S.